The molecule has 0 saturated carbocycles. The largest absolute Gasteiger partial charge is 0.464 e. The van der Waals surface area contributed by atoms with Gasteiger partial charge >= 0.3 is 12.1 Å². The molecule has 0 fully saturated rings. The van der Waals surface area contributed by atoms with Gasteiger partial charge in [0.25, 0.3) is 0 Å². The topological polar surface area (TPSA) is 106 Å². The van der Waals surface area contributed by atoms with Crippen LogP contribution in [0.5, 0.6) is 0 Å². The second-order valence-corrected chi connectivity index (χ2v) is 8.87. The summed E-state index contributed by atoms with van der Waals surface area (Å²) in [4.78, 5) is 32.7. The minimum atomic E-state index is -0.636. The molecule has 0 bridgehead atoms. The highest BCUT2D eigenvalue weighted by Gasteiger charge is 2.30. The molecule has 2 aromatic heterocycles. The first-order valence-corrected chi connectivity index (χ1v) is 11.5. The van der Waals surface area contributed by atoms with Crippen molar-refractivity contribution in [3.63, 3.8) is 0 Å². The van der Waals surface area contributed by atoms with Gasteiger partial charge in [0, 0.05) is 21.6 Å². The number of ether oxygens (including phenoxy) is 2. The van der Waals surface area contributed by atoms with Crippen LogP contribution in [0.4, 0.5) is 4.79 Å². The van der Waals surface area contributed by atoms with Crippen molar-refractivity contribution in [1.29, 1.82) is 0 Å². The Morgan fingerprint density at radius 2 is 1.91 bits per heavy atom. The quantitative estimate of drug-likeness (QED) is 0.287. The zero-order chi connectivity index (χ0) is 24.2. The lowest BCUT2D eigenvalue weighted by atomic mass is 10.1. The van der Waals surface area contributed by atoms with Crippen molar-refractivity contribution in [2.75, 3.05) is 7.11 Å². The highest BCUT2D eigenvalue weighted by atomic mass is 79.9. The number of hydrogen-bond donors (Lipinski definition) is 2. The van der Waals surface area contributed by atoms with Gasteiger partial charge in [-0.1, -0.05) is 56.3 Å². The number of amides is 1. The average molecular weight is 526 g/mol. The first-order valence-electron chi connectivity index (χ1n) is 10.7. The molecule has 0 saturated heterocycles. The number of rotatable bonds is 7. The van der Waals surface area contributed by atoms with E-state index in [1.165, 1.54) is 7.11 Å². The van der Waals surface area contributed by atoms with Gasteiger partial charge < -0.3 is 24.2 Å². The Bertz CT molecular complexity index is 1310. The Balaban J connectivity index is 1.65. The first-order chi connectivity index (χ1) is 16.4. The highest BCUT2D eigenvalue weighted by Crippen LogP contribution is 2.36. The number of aromatic nitrogens is 2. The predicted octanol–water partition coefficient (Wildman–Crippen LogP) is 6.00. The summed E-state index contributed by atoms with van der Waals surface area (Å²) in [6, 6.07) is 14.5. The zero-order valence-corrected chi connectivity index (χ0v) is 20.5. The van der Waals surface area contributed by atoms with E-state index >= 15 is 0 Å². The molecule has 1 atom stereocenters. The number of aromatic amines is 1. The Morgan fingerprint density at radius 1 is 1.15 bits per heavy atom. The number of alkyl carbamates (subject to hydrolysis) is 1. The maximum Gasteiger partial charge on any atom is 0.408 e. The fraction of sp³-hybridized carbons (Fsp3) is 0.240. The molecule has 0 radical (unpaired) electrons. The smallest absolute Gasteiger partial charge is 0.408 e. The number of benzene rings is 2. The first kappa shape index (κ1) is 23.6. The standard InChI is InChI=1S/C25H24BrN3O5/c1-14(2)19(29-25(31)33-13-15-8-5-4-6-9-15)23-28-21(24(30)32-3)22(34-23)17-12-27-20-16(17)10-7-11-18(20)26/h4-12,14,19,27H,13H2,1-3H3,(H,29,31)/t19-/m0/s1. The molecule has 34 heavy (non-hydrogen) atoms. The molecule has 9 heteroatoms. The fourth-order valence-corrected chi connectivity index (χ4v) is 4.08. The van der Waals surface area contributed by atoms with Crippen molar-refractivity contribution in [1.82, 2.24) is 15.3 Å². The number of carbonyl (C=O) groups excluding carboxylic acids is 2. The summed E-state index contributed by atoms with van der Waals surface area (Å²) in [6.45, 7) is 3.95. The van der Waals surface area contributed by atoms with Gasteiger partial charge in [-0.2, -0.15) is 0 Å². The predicted molar refractivity (Wildman–Crippen MR) is 130 cm³/mol. The SMILES string of the molecule is COC(=O)c1nc([C@@H](NC(=O)OCc2ccccc2)C(C)C)oc1-c1c[nH]c2c(Br)cccc12. The molecule has 8 nitrogen and oxygen atoms in total. The lowest BCUT2D eigenvalue weighted by Gasteiger charge is -2.19. The normalized spacial score (nSPS) is 12.0. The second-order valence-electron chi connectivity index (χ2n) is 8.01. The summed E-state index contributed by atoms with van der Waals surface area (Å²) < 4.78 is 17.3. The average Bonchev–Trinajstić information content (AvgIpc) is 3.46. The van der Waals surface area contributed by atoms with E-state index in [0.717, 1.165) is 20.9 Å². The van der Waals surface area contributed by atoms with Crippen LogP contribution >= 0.6 is 15.9 Å². The number of methoxy groups -OCH3 is 1. The Hall–Kier alpha value is -3.59. The van der Waals surface area contributed by atoms with Gasteiger partial charge in [-0.15, -0.1) is 0 Å². The number of halogens is 1. The van der Waals surface area contributed by atoms with E-state index in [2.05, 4.69) is 31.2 Å². The molecule has 0 aliphatic heterocycles. The van der Waals surface area contributed by atoms with Gasteiger partial charge in [0.05, 0.1) is 12.6 Å². The van der Waals surface area contributed by atoms with Crippen LogP contribution in [0.2, 0.25) is 0 Å². The van der Waals surface area contributed by atoms with Crippen LogP contribution in [0.1, 0.15) is 41.8 Å². The van der Waals surface area contributed by atoms with Gasteiger partial charge in [-0.05, 0) is 33.5 Å². The van der Waals surface area contributed by atoms with E-state index in [1.807, 2.05) is 62.4 Å². The van der Waals surface area contributed by atoms with Gasteiger partial charge in [0.2, 0.25) is 5.89 Å². The molecule has 4 rings (SSSR count). The third-order valence-corrected chi connectivity index (χ3v) is 6.01. The van der Waals surface area contributed by atoms with Crippen LogP contribution in [-0.4, -0.2) is 29.1 Å². The van der Waals surface area contributed by atoms with Crippen LogP contribution in [-0.2, 0) is 16.1 Å². The number of nitrogens with one attached hydrogen (secondary N) is 2. The van der Waals surface area contributed by atoms with E-state index < -0.39 is 18.1 Å². The molecule has 0 aliphatic rings. The Kier molecular flexibility index (Phi) is 7.02. The van der Waals surface area contributed by atoms with E-state index in [9.17, 15) is 9.59 Å². The number of para-hydroxylation sites is 1. The number of H-pyrrole nitrogens is 1. The van der Waals surface area contributed by atoms with E-state index in [-0.39, 0.29) is 29.9 Å². The minimum absolute atomic E-state index is 0.0310. The Morgan fingerprint density at radius 3 is 2.62 bits per heavy atom. The molecule has 0 unspecified atom stereocenters. The van der Waals surface area contributed by atoms with Crippen molar-refractivity contribution in [2.45, 2.75) is 26.5 Å². The highest BCUT2D eigenvalue weighted by molar-refractivity contribution is 9.10. The van der Waals surface area contributed by atoms with Gasteiger partial charge in [-0.25, -0.2) is 14.6 Å². The van der Waals surface area contributed by atoms with Crippen molar-refractivity contribution in [3.8, 4) is 11.3 Å². The monoisotopic (exact) mass is 525 g/mol. The molecular formula is C25H24BrN3O5. The third-order valence-electron chi connectivity index (χ3n) is 5.35. The molecule has 176 valence electrons. The molecule has 0 aliphatic carbocycles. The number of esters is 1. The molecule has 0 spiro atoms. The van der Waals surface area contributed by atoms with Crippen molar-refractivity contribution in [3.05, 3.63) is 76.3 Å². The summed E-state index contributed by atoms with van der Waals surface area (Å²) in [5.41, 5.74) is 2.41. The van der Waals surface area contributed by atoms with Crippen molar-refractivity contribution < 1.29 is 23.5 Å². The molecule has 2 N–H and O–H groups in total. The summed E-state index contributed by atoms with van der Waals surface area (Å²) in [5, 5.41) is 3.65. The lowest BCUT2D eigenvalue weighted by molar-refractivity contribution is 0.0595. The maximum atomic E-state index is 12.5. The van der Waals surface area contributed by atoms with Crippen LogP contribution in [0.25, 0.3) is 22.2 Å². The summed E-state index contributed by atoms with van der Waals surface area (Å²) in [5.74, 6) is -0.287. The van der Waals surface area contributed by atoms with Crippen molar-refractivity contribution >= 4 is 38.9 Å². The van der Waals surface area contributed by atoms with Crippen LogP contribution in [0.15, 0.2) is 63.6 Å². The number of hydrogen-bond acceptors (Lipinski definition) is 6. The molecular weight excluding hydrogens is 502 g/mol. The van der Waals surface area contributed by atoms with E-state index in [1.54, 1.807) is 6.20 Å². The molecule has 4 aromatic rings. The van der Waals surface area contributed by atoms with Crippen LogP contribution in [0.3, 0.4) is 0 Å². The number of nitrogens with zero attached hydrogens (tertiary/aromatic N) is 1. The Labute approximate surface area is 204 Å². The summed E-state index contributed by atoms with van der Waals surface area (Å²) in [6.07, 6.45) is 1.14. The van der Waals surface area contributed by atoms with Gasteiger partial charge in [0.1, 0.15) is 12.6 Å². The van der Waals surface area contributed by atoms with E-state index in [0.29, 0.717) is 5.56 Å². The minimum Gasteiger partial charge on any atom is -0.464 e. The number of fused-ring (bicyclic) bond motifs is 1. The lowest BCUT2D eigenvalue weighted by Crippen LogP contribution is -2.32. The fourth-order valence-electron chi connectivity index (χ4n) is 3.60. The molecule has 1 amide bonds. The molecule has 2 aromatic carbocycles. The summed E-state index contributed by atoms with van der Waals surface area (Å²) in [7, 11) is 1.28. The third kappa shape index (κ3) is 4.84. The van der Waals surface area contributed by atoms with Crippen molar-refractivity contribution in [2.24, 2.45) is 5.92 Å². The second kappa shape index (κ2) is 10.1. The zero-order valence-electron chi connectivity index (χ0n) is 18.9. The maximum absolute atomic E-state index is 12.5. The van der Waals surface area contributed by atoms with Gasteiger partial charge in [0.15, 0.2) is 11.5 Å². The van der Waals surface area contributed by atoms with E-state index in [4.69, 9.17) is 13.9 Å². The number of oxazole rings is 1. The molecule has 2 heterocycles. The van der Waals surface area contributed by atoms with Crippen LogP contribution < -0.4 is 5.32 Å². The van der Waals surface area contributed by atoms with Crippen LogP contribution in [0, 0.1) is 5.92 Å². The van der Waals surface area contributed by atoms with Gasteiger partial charge in [-0.3, -0.25) is 0 Å². The number of carbonyl (C=O) groups is 2. The summed E-state index contributed by atoms with van der Waals surface area (Å²) >= 11 is 3.52.